The minimum Gasteiger partial charge on any atom is -0.495 e. The quantitative estimate of drug-likeness (QED) is 0.411. The number of sulfonamides is 1. The number of nitrogens with zero attached hydrogens (tertiary/aromatic N) is 1. The van der Waals surface area contributed by atoms with Gasteiger partial charge in [0.25, 0.3) is 10.0 Å². The number of carbonyl (C=O) groups excluding carboxylic acids is 1. The predicted octanol–water partition coefficient (Wildman–Crippen LogP) is 5.26. The number of halogens is 2. The molecule has 0 spiro atoms. The summed E-state index contributed by atoms with van der Waals surface area (Å²) in [4.78, 5) is 12.8. The fourth-order valence-electron chi connectivity index (χ4n) is 3.09. The van der Waals surface area contributed by atoms with Crippen LogP contribution in [0.5, 0.6) is 11.5 Å². The van der Waals surface area contributed by atoms with Crippen molar-refractivity contribution in [3.63, 3.8) is 0 Å². The van der Waals surface area contributed by atoms with Gasteiger partial charge in [-0.3, -0.25) is 9.10 Å². The Bertz CT molecular complexity index is 1270. The van der Waals surface area contributed by atoms with Gasteiger partial charge < -0.3 is 14.8 Å². The molecule has 7 nitrogen and oxygen atoms in total. The summed E-state index contributed by atoms with van der Waals surface area (Å²) >= 11 is 9.60. The second kappa shape index (κ2) is 10.5. The zero-order valence-electron chi connectivity index (χ0n) is 18.1. The van der Waals surface area contributed by atoms with Crippen molar-refractivity contribution in [1.82, 2.24) is 0 Å². The van der Waals surface area contributed by atoms with Crippen LogP contribution in [0.2, 0.25) is 5.02 Å². The number of hydrogen-bond donors (Lipinski definition) is 1. The molecule has 0 bridgehead atoms. The average Bonchev–Trinajstić information content (AvgIpc) is 2.79. The van der Waals surface area contributed by atoms with Crippen molar-refractivity contribution >= 4 is 54.8 Å². The highest BCUT2D eigenvalue weighted by Gasteiger charge is 2.30. The zero-order chi connectivity index (χ0) is 24.2. The lowest BCUT2D eigenvalue weighted by atomic mass is 10.2. The number of nitrogens with one attached hydrogen (secondary N) is 1. The van der Waals surface area contributed by atoms with E-state index in [1.807, 2.05) is 0 Å². The van der Waals surface area contributed by atoms with Gasteiger partial charge in [-0.1, -0.05) is 33.6 Å². The number of hydrogen-bond acceptors (Lipinski definition) is 5. The first-order valence-electron chi connectivity index (χ1n) is 9.72. The summed E-state index contributed by atoms with van der Waals surface area (Å²) in [7, 11) is -1.36. The molecule has 174 valence electrons. The van der Waals surface area contributed by atoms with Crippen molar-refractivity contribution in [3.05, 3.63) is 75.7 Å². The molecule has 3 rings (SSSR count). The second-order valence-electron chi connectivity index (χ2n) is 7.04. The summed E-state index contributed by atoms with van der Waals surface area (Å²) in [5.41, 5.74) is 1.46. The van der Waals surface area contributed by atoms with Crippen molar-refractivity contribution in [3.8, 4) is 11.5 Å². The number of carbonyl (C=O) groups is 1. The van der Waals surface area contributed by atoms with E-state index in [0.29, 0.717) is 11.4 Å². The molecule has 0 aliphatic carbocycles. The second-order valence-corrected chi connectivity index (χ2v) is 10.2. The summed E-state index contributed by atoms with van der Waals surface area (Å²) in [5.74, 6) is 0.0169. The van der Waals surface area contributed by atoms with E-state index in [9.17, 15) is 13.2 Å². The van der Waals surface area contributed by atoms with Gasteiger partial charge in [0.15, 0.2) is 0 Å². The SMILES string of the molecule is COc1ccc(N(CC(=O)Nc2ccc(Br)cc2)S(=O)(=O)c2cc(C)ccc2OC)cc1Cl. The van der Waals surface area contributed by atoms with Crippen molar-refractivity contribution in [2.45, 2.75) is 11.8 Å². The Balaban J connectivity index is 2.05. The highest BCUT2D eigenvalue weighted by Crippen LogP contribution is 2.34. The van der Waals surface area contributed by atoms with Crippen molar-refractivity contribution < 1.29 is 22.7 Å². The Morgan fingerprint density at radius 3 is 2.24 bits per heavy atom. The van der Waals surface area contributed by atoms with Crippen LogP contribution in [0, 0.1) is 6.92 Å². The lowest BCUT2D eigenvalue weighted by Crippen LogP contribution is -2.38. The zero-order valence-corrected chi connectivity index (χ0v) is 21.3. The number of amides is 1. The molecule has 0 saturated carbocycles. The summed E-state index contributed by atoms with van der Waals surface area (Å²) < 4.78 is 39.8. The van der Waals surface area contributed by atoms with E-state index in [4.69, 9.17) is 21.1 Å². The van der Waals surface area contributed by atoms with Gasteiger partial charge in [0.05, 0.1) is 24.9 Å². The largest absolute Gasteiger partial charge is 0.495 e. The van der Waals surface area contributed by atoms with Crippen molar-refractivity contribution in [2.75, 3.05) is 30.4 Å². The number of benzene rings is 3. The van der Waals surface area contributed by atoms with E-state index in [-0.39, 0.29) is 21.4 Å². The summed E-state index contributed by atoms with van der Waals surface area (Å²) in [6, 6.07) is 16.3. The number of ether oxygens (including phenoxy) is 2. The fourth-order valence-corrected chi connectivity index (χ4v) is 5.27. The maximum atomic E-state index is 13.7. The maximum absolute atomic E-state index is 13.7. The lowest BCUT2D eigenvalue weighted by Gasteiger charge is -2.25. The van der Waals surface area contributed by atoms with Gasteiger partial charge in [0.2, 0.25) is 5.91 Å². The Kier molecular flexibility index (Phi) is 7.88. The number of methoxy groups -OCH3 is 2. The van der Waals surface area contributed by atoms with E-state index in [0.717, 1.165) is 14.3 Å². The first-order valence-corrected chi connectivity index (χ1v) is 12.3. The Hall–Kier alpha value is -2.75. The molecule has 0 aromatic heterocycles. The molecule has 10 heteroatoms. The molecule has 0 unspecified atom stereocenters. The first kappa shape index (κ1) is 24.9. The molecule has 0 atom stereocenters. The van der Waals surface area contributed by atoms with Crippen LogP contribution in [0.1, 0.15) is 5.56 Å². The number of anilines is 2. The molecule has 1 N–H and O–H groups in total. The highest BCUT2D eigenvalue weighted by atomic mass is 79.9. The van der Waals surface area contributed by atoms with Crippen LogP contribution in [0.15, 0.2) is 70.0 Å². The van der Waals surface area contributed by atoms with E-state index >= 15 is 0 Å². The molecule has 0 fully saturated rings. The van der Waals surface area contributed by atoms with E-state index < -0.39 is 22.5 Å². The predicted molar refractivity (Wildman–Crippen MR) is 133 cm³/mol. The number of aryl methyl sites for hydroxylation is 1. The van der Waals surface area contributed by atoms with Gasteiger partial charge in [-0.25, -0.2) is 8.42 Å². The summed E-state index contributed by atoms with van der Waals surface area (Å²) in [5, 5.41) is 2.92. The van der Waals surface area contributed by atoms with Crippen LogP contribution in [0.25, 0.3) is 0 Å². The number of rotatable bonds is 8. The maximum Gasteiger partial charge on any atom is 0.268 e. The van der Waals surface area contributed by atoms with Crippen LogP contribution >= 0.6 is 27.5 Å². The highest BCUT2D eigenvalue weighted by molar-refractivity contribution is 9.10. The fraction of sp³-hybridized carbons (Fsp3) is 0.174. The minimum absolute atomic E-state index is 0.0617. The Morgan fingerprint density at radius 1 is 1.00 bits per heavy atom. The first-order chi connectivity index (χ1) is 15.6. The molecule has 3 aromatic rings. The van der Waals surface area contributed by atoms with Crippen LogP contribution in [0.3, 0.4) is 0 Å². The van der Waals surface area contributed by atoms with Crippen LogP contribution in [0.4, 0.5) is 11.4 Å². The van der Waals surface area contributed by atoms with E-state index in [1.54, 1.807) is 49.4 Å². The molecule has 0 aliphatic rings. The summed E-state index contributed by atoms with van der Waals surface area (Å²) in [6.45, 7) is 1.28. The molecule has 0 radical (unpaired) electrons. The third-order valence-electron chi connectivity index (χ3n) is 4.73. The normalized spacial score (nSPS) is 11.1. The molecule has 1 amide bonds. The van der Waals surface area contributed by atoms with Gasteiger partial charge in [0.1, 0.15) is 22.9 Å². The van der Waals surface area contributed by atoms with Crippen LogP contribution < -0.4 is 19.1 Å². The molecular weight excluding hydrogens is 532 g/mol. The van der Waals surface area contributed by atoms with Gasteiger partial charge in [0, 0.05) is 10.2 Å². The van der Waals surface area contributed by atoms with Gasteiger partial charge >= 0.3 is 0 Å². The van der Waals surface area contributed by atoms with Gasteiger partial charge in [-0.2, -0.15) is 0 Å². The Labute approximate surface area is 206 Å². The minimum atomic E-state index is -4.21. The van der Waals surface area contributed by atoms with Crippen LogP contribution in [-0.2, 0) is 14.8 Å². The Morgan fingerprint density at radius 2 is 1.64 bits per heavy atom. The van der Waals surface area contributed by atoms with Crippen molar-refractivity contribution in [2.24, 2.45) is 0 Å². The molecule has 0 saturated heterocycles. The van der Waals surface area contributed by atoms with Crippen molar-refractivity contribution in [1.29, 1.82) is 0 Å². The molecule has 0 heterocycles. The summed E-state index contributed by atoms with van der Waals surface area (Å²) in [6.07, 6.45) is 0. The third kappa shape index (κ3) is 5.79. The van der Waals surface area contributed by atoms with Crippen LogP contribution in [-0.4, -0.2) is 35.1 Å². The molecule has 0 aliphatic heterocycles. The lowest BCUT2D eigenvalue weighted by molar-refractivity contribution is -0.114. The molecular formula is C23H22BrClN2O5S. The van der Waals surface area contributed by atoms with E-state index in [1.165, 1.54) is 32.4 Å². The molecule has 33 heavy (non-hydrogen) atoms. The third-order valence-corrected chi connectivity index (χ3v) is 7.34. The molecule has 3 aromatic carbocycles. The average molecular weight is 554 g/mol. The van der Waals surface area contributed by atoms with E-state index in [2.05, 4.69) is 21.2 Å². The topological polar surface area (TPSA) is 84.9 Å². The smallest absolute Gasteiger partial charge is 0.268 e. The van der Waals surface area contributed by atoms with Gasteiger partial charge in [-0.15, -0.1) is 0 Å². The van der Waals surface area contributed by atoms with Gasteiger partial charge in [-0.05, 0) is 67.1 Å². The monoisotopic (exact) mass is 552 g/mol. The standard InChI is InChI=1S/C23H22BrClN2O5S/c1-15-4-10-21(32-3)22(12-15)33(29,30)27(18-9-11-20(31-2)19(25)13-18)14-23(28)26-17-7-5-16(24)6-8-17/h4-13H,14H2,1-3H3,(H,26,28).